The predicted molar refractivity (Wildman–Crippen MR) is 133 cm³/mol. The monoisotopic (exact) mass is 533 g/mol. The van der Waals surface area contributed by atoms with Gasteiger partial charge in [-0.2, -0.15) is 13.2 Å². The first-order valence-electron chi connectivity index (χ1n) is 12.6. The van der Waals surface area contributed by atoms with Gasteiger partial charge in [0.05, 0.1) is 32.0 Å². The Bertz CT molecular complexity index is 1140. The molecular weight excluding hydrogens is 502 g/mol. The van der Waals surface area contributed by atoms with Gasteiger partial charge < -0.3 is 9.47 Å². The molecule has 0 unspecified atom stereocenters. The van der Waals surface area contributed by atoms with Crippen LogP contribution in [0.4, 0.5) is 17.6 Å². The minimum absolute atomic E-state index is 0.0748. The van der Waals surface area contributed by atoms with Gasteiger partial charge in [0.25, 0.3) is 0 Å². The fraction of sp³-hybridized carbons (Fsp3) is 0.414. The molecule has 1 aliphatic carbocycles. The number of benzene rings is 2. The van der Waals surface area contributed by atoms with Crippen molar-refractivity contribution < 1.29 is 36.7 Å². The Morgan fingerprint density at radius 2 is 1.87 bits per heavy atom. The minimum Gasteiger partial charge on any atom is -0.469 e. The van der Waals surface area contributed by atoms with Gasteiger partial charge >= 0.3 is 12.1 Å². The number of hydroxylamine groups is 1. The lowest BCUT2D eigenvalue weighted by atomic mass is 9.71. The van der Waals surface area contributed by atoms with Crippen LogP contribution in [-0.4, -0.2) is 25.8 Å². The Morgan fingerprint density at radius 3 is 2.55 bits per heavy atom. The number of hydrogen-bond acceptors (Lipinski definition) is 5. The fourth-order valence-corrected chi connectivity index (χ4v) is 5.28. The van der Waals surface area contributed by atoms with Gasteiger partial charge in [-0.25, -0.2) is 4.39 Å². The normalized spacial score (nSPS) is 23.9. The van der Waals surface area contributed by atoms with E-state index >= 15 is 0 Å². The van der Waals surface area contributed by atoms with Crippen molar-refractivity contribution in [3.05, 3.63) is 95.0 Å². The summed E-state index contributed by atoms with van der Waals surface area (Å²) in [4.78, 5) is 16.9. The van der Waals surface area contributed by atoms with Gasteiger partial charge in [0.2, 0.25) is 0 Å². The van der Waals surface area contributed by atoms with Crippen LogP contribution in [0.3, 0.4) is 0 Å². The SMILES string of the molecule is COC(=O)CCCC=CC[C@H]1C(=CNOCc2ccc(C(F)(F)F)cc2)[C@@H]2C[C@@]1(c1ccc(F)cc1)CO2. The molecule has 9 heteroatoms. The maximum absolute atomic E-state index is 13.6. The number of esters is 1. The van der Waals surface area contributed by atoms with E-state index in [1.165, 1.54) is 31.4 Å². The van der Waals surface area contributed by atoms with E-state index in [0.29, 0.717) is 25.0 Å². The quantitative estimate of drug-likeness (QED) is 0.119. The summed E-state index contributed by atoms with van der Waals surface area (Å²) in [5, 5.41) is 0. The van der Waals surface area contributed by atoms with Gasteiger partial charge in [0.1, 0.15) is 5.82 Å². The lowest BCUT2D eigenvalue weighted by molar-refractivity contribution is -0.140. The van der Waals surface area contributed by atoms with E-state index in [1.54, 1.807) is 6.20 Å². The molecule has 1 N–H and O–H groups in total. The summed E-state index contributed by atoms with van der Waals surface area (Å²) in [6.45, 7) is 0.606. The molecule has 2 bridgehead atoms. The number of nitrogens with one attached hydrogen (secondary N) is 1. The number of methoxy groups -OCH3 is 1. The molecule has 1 heterocycles. The number of unbranched alkanes of at least 4 members (excludes halogenated alkanes) is 1. The highest BCUT2D eigenvalue weighted by Crippen LogP contribution is 2.56. The molecule has 1 aliphatic heterocycles. The molecule has 0 spiro atoms. The number of hydrogen-bond donors (Lipinski definition) is 1. The minimum atomic E-state index is -4.38. The first-order valence-corrected chi connectivity index (χ1v) is 12.6. The van der Waals surface area contributed by atoms with Crippen molar-refractivity contribution in [2.24, 2.45) is 5.92 Å². The zero-order valence-corrected chi connectivity index (χ0v) is 21.1. The highest BCUT2D eigenvalue weighted by Gasteiger charge is 2.56. The van der Waals surface area contributed by atoms with Crippen molar-refractivity contribution in [3.63, 3.8) is 0 Å². The maximum Gasteiger partial charge on any atom is 0.416 e. The summed E-state index contributed by atoms with van der Waals surface area (Å²) >= 11 is 0. The molecule has 4 rings (SSSR count). The van der Waals surface area contributed by atoms with Crippen molar-refractivity contribution in [1.29, 1.82) is 0 Å². The molecule has 1 saturated carbocycles. The zero-order valence-electron chi connectivity index (χ0n) is 21.1. The van der Waals surface area contributed by atoms with Gasteiger partial charge in [0, 0.05) is 18.0 Å². The van der Waals surface area contributed by atoms with Crippen molar-refractivity contribution >= 4 is 5.97 Å². The first-order chi connectivity index (χ1) is 18.2. The van der Waals surface area contributed by atoms with E-state index in [-0.39, 0.29) is 35.8 Å². The molecule has 3 atom stereocenters. The molecule has 2 fully saturated rings. The Labute approximate surface area is 219 Å². The van der Waals surface area contributed by atoms with Gasteiger partial charge in [-0.3, -0.25) is 15.1 Å². The van der Waals surface area contributed by atoms with E-state index in [4.69, 9.17) is 9.57 Å². The lowest BCUT2D eigenvalue weighted by Crippen LogP contribution is -2.36. The predicted octanol–water partition coefficient (Wildman–Crippen LogP) is 6.40. The Balaban J connectivity index is 1.43. The van der Waals surface area contributed by atoms with E-state index in [0.717, 1.165) is 42.5 Å². The van der Waals surface area contributed by atoms with Crippen molar-refractivity contribution in [2.45, 2.75) is 56.4 Å². The van der Waals surface area contributed by atoms with Gasteiger partial charge in [0.15, 0.2) is 0 Å². The number of halogens is 4. The van der Waals surface area contributed by atoms with Crippen LogP contribution in [0.15, 0.2) is 72.5 Å². The average molecular weight is 534 g/mol. The standard InChI is InChI=1S/C29H31F4NO4/c1-36-27(35)7-5-3-2-4-6-25-24(17-34-38-18-20-8-10-22(11-9-20)29(31,32)33)26-16-28(25,19-37-26)21-12-14-23(30)15-13-21/h2,4,8-15,17,25-26,34H,3,5-7,16,18-19H2,1H3/t25-,26-,28-/m0/s1. The van der Waals surface area contributed by atoms with Crippen LogP contribution >= 0.6 is 0 Å². The number of alkyl halides is 3. The maximum atomic E-state index is 13.6. The number of carbonyl (C=O) groups excluding carboxylic acids is 1. The number of carbonyl (C=O) groups is 1. The average Bonchev–Trinajstić information content (AvgIpc) is 3.46. The molecule has 0 aromatic heterocycles. The second kappa shape index (κ2) is 12.1. The number of fused-ring (bicyclic) bond motifs is 2. The van der Waals surface area contributed by atoms with Crippen LogP contribution in [0, 0.1) is 11.7 Å². The Kier molecular flexibility index (Phi) is 8.89. The van der Waals surface area contributed by atoms with Crippen LogP contribution in [0.1, 0.15) is 48.8 Å². The van der Waals surface area contributed by atoms with Crippen LogP contribution < -0.4 is 5.48 Å². The highest BCUT2D eigenvalue weighted by molar-refractivity contribution is 5.69. The molecule has 0 amide bonds. The van der Waals surface area contributed by atoms with E-state index in [1.807, 2.05) is 12.1 Å². The van der Waals surface area contributed by atoms with Crippen molar-refractivity contribution in [1.82, 2.24) is 5.48 Å². The van der Waals surface area contributed by atoms with Gasteiger partial charge in [-0.05, 0) is 72.6 Å². The molecule has 2 aliphatic rings. The Hall–Kier alpha value is -3.17. The molecular formula is C29H31F4NO4. The largest absolute Gasteiger partial charge is 0.469 e. The summed E-state index contributed by atoms with van der Waals surface area (Å²) in [7, 11) is 1.37. The molecule has 38 heavy (non-hydrogen) atoms. The van der Waals surface area contributed by atoms with Crippen molar-refractivity contribution in [3.8, 4) is 0 Å². The summed E-state index contributed by atoms with van der Waals surface area (Å²) in [6, 6.07) is 11.4. The molecule has 1 saturated heterocycles. The zero-order chi connectivity index (χ0) is 27.2. The van der Waals surface area contributed by atoms with Crippen LogP contribution in [-0.2, 0) is 37.3 Å². The Morgan fingerprint density at radius 1 is 1.13 bits per heavy atom. The van der Waals surface area contributed by atoms with E-state index in [2.05, 4.69) is 22.4 Å². The number of rotatable bonds is 11. The summed E-state index contributed by atoms with van der Waals surface area (Å²) in [5.74, 6) is -0.452. The van der Waals surface area contributed by atoms with Crippen molar-refractivity contribution in [2.75, 3.05) is 13.7 Å². The second-order valence-electron chi connectivity index (χ2n) is 9.64. The highest BCUT2D eigenvalue weighted by atomic mass is 19.4. The van der Waals surface area contributed by atoms with Gasteiger partial charge in [-0.15, -0.1) is 0 Å². The molecule has 204 valence electrons. The summed E-state index contributed by atoms with van der Waals surface area (Å²) in [6.07, 6.45) is 4.72. The van der Waals surface area contributed by atoms with Crippen LogP contribution in [0.5, 0.6) is 0 Å². The number of ether oxygens (including phenoxy) is 2. The van der Waals surface area contributed by atoms with E-state index in [9.17, 15) is 22.4 Å². The molecule has 2 aromatic rings. The lowest BCUT2D eigenvalue weighted by Gasteiger charge is -2.36. The smallest absolute Gasteiger partial charge is 0.416 e. The third-order valence-electron chi connectivity index (χ3n) is 7.30. The number of allylic oxidation sites excluding steroid dienone is 2. The van der Waals surface area contributed by atoms with Crippen LogP contribution in [0.2, 0.25) is 0 Å². The summed E-state index contributed by atoms with van der Waals surface area (Å²) in [5.41, 5.74) is 4.46. The first kappa shape index (κ1) is 27.9. The van der Waals surface area contributed by atoms with Crippen LogP contribution in [0.25, 0.3) is 0 Å². The third kappa shape index (κ3) is 6.45. The molecule has 5 nitrogen and oxygen atoms in total. The molecule has 2 aromatic carbocycles. The topological polar surface area (TPSA) is 56.8 Å². The third-order valence-corrected chi connectivity index (χ3v) is 7.30. The molecule has 0 radical (unpaired) electrons. The summed E-state index contributed by atoms with van der Waals surface area (Å²) < 4.78 is 62.7. The second-order valence-corrected chi connectivity index (χ2v) is 9.64. The fourth-order valence-electron chi connectivity index (χ4n) is 5.28. The van der Waals surface area contributed by atoms with E-state index < -0.39 is 11.7 Å². The van der Waals surface area contributed by atoms with Gasteiger partial charge in [-0.1, -0.05) is 36.4 Å².